The lowest BCUT2D eigenvalue weighted by atomic mass is 10.1. The topological polar surface area (TPSA) is 29.5 Å². The molecule has 0 radical (unpaired) electrons. The van der Waals surface area contributed by atoms with Crippen LogP contribution in [0.3, 0.4) is 0 Å². The molecule has 0 amide bonds. The first-order valence-electron chi connectivity index (χ1n) is 6.77. The van der Waals surface area contributed by atoms with E-state index in [1.165, 1.54) is 0 Å². The largest absolute Gasteiger partial charge is 0.326 e. The fourth-order valence-corrected chi connectivity index (χ4v) is 5.11. The normalized spacial score (nSPS) is 22.2. The van der Waals surface area contributed by atoms with E-state index in [4.69, 9.17) is 4.52 Å². The smallest absolute Gasteiger partial charge is 0.308 e. The first kappa shape index (κ1) is 13.4. The summed E-state index contributed by atoms with van der Waals surface area (Å²) in [5, 5.41) is 0.764. The first-order valence-corrected chi connectivity index (χ1v) is 8.35. The van der Waals surface area contributed by atoms with Crippen molar-refractivity contribution in [2.45, 2.75) is 13.8 Å². The lowest BCUT2D eigenvalue weighted by Gasteiger charge is -2.27. The Morgan fingerprint density at radius 3 is 2.30 bits per heavy atom. The molecule has 2 aromatic rings. The van der Waals surface area contributed by atoms with E-state index in [1.807, 2.05) is 41.1 Å². The summed E-state index contributed by atoms with van der Waals surface area (Å²) in [4.78, 5) is 0. The molecular formula is C16H18NO2P. The zero-order valence-electron chi connectivity index (χ0n) is 11.7. The summed E-state index contributed by atoms with van der Waals surface area (Å²) in [7, 11) is -2.97. The van der Waals surface area contributed by atoms with Gasteiger partial charge in [-0.25, -0.2) is 0 Å². The SMILES string of the molecule is Cc1cccc(C)c1N1CCOP1(=O)c1ccccc1. The van der Waals surface area contributed by atoms with Crippen LogP contribution in [0.15, 0.2) is 48.5 Å². The van der Waals surface area contributed by atoms with Crippen molar-refractivity contribution in [3.63, 3.8) is 0 Å². The highest BCUT2D eigenvalue weighted by Crippen LogP contribution is 2.56. The van der Waals surface area contributed by atoms with Crippen LogP contribution in [-0.2, 0) is 9.09 Å². The summed E-state index contributed by atoms with van der Waals surface area (Å²) < 4.78 is 21.0. The fraction of sp³-hybridized carbons (Fsp3) is 0.250. The number of nitrogens with zero attached hydrogens (tertiary/aromatic N) is 1. The van der Waals surface area contributed by atoms with Crippen molar-refractivity contribution < 1.29 is 9.09 Å². The summed E-state index contributed by atoms with van der Waals surface area (Å²) >= 11 is 0. The van der Waals surface area contributed by atoms with Gasteiger partial charge in [0.2, 0.25) is 0 Å². The average Bonchev–Trinajstić information content (AvgIpc) is 2.83. The number of benzene rings is 2. The van der Waals surface area contributed by atoms with Crippen LogP contribution in [0.25, 0.3) is 0 Å². The van der Waals surface area contributed by atoms with E-state index in [1.54, 1.807) is 0 Å². The molecule has 20 heavy (non-hydrogen) atoms. The number of anilines is 1. The Morgan fingerprint density at radius 2 is 1.65 bits per heavy atom. The summed E-state index contributed by atoms with van der Waals surface area (Å²) in [6.45, 7) is 5.27. The van der Waals surface area contributed by atoms with E-state index >= 15 is 0 Å². The molecule has 1 unspecified atom stereocenters. The molecule has 104 valence electrons. The maximum atomic E-state index is 13.4. The van der Waals surface area contributed by atoms with Gasteiger partial charge in [-0.2, -0.15) is 0 Å². The zero-order valence-corrected chi connectivity index (χ0v) is 12.6. The van der Waals surface area contributed by atoms with Crippen LogP contribution in [-0.4, -0.2) is 13.2 Å². The van der Waals surface area contributed by atoms with Crippen LogP contribution in [0.4, 0.5) is 5.69 Å². The number of aryl methyl sites for hydroxylation is 2. The van der Waals surface area contributed by atoms with Crippen molar-refractivity contribution in [2.24, 2.45) is 0 Å². The van der Waals surface area contributed by atoms with Gasteiger partial charge in [0.1, 0.15) is 0 Å². The standard InChI is InChI=1S/C16H18NO2P/c1-13-7-6-8-14(2)16(13)17-11-12-19-20(17,18)15-9-4-3-5-10-15/h3-10H,11-12H2,1-2H3. The second kappa shape index (κ2) is 5.08. The van der Waals surface area contributed by atoms with Gasteiger partial charge in [-0.3, -0.25) is 9.24 Å². The third-order valence-electron chi connectivity index (χ3n) is 3.67. The molecule has 0 N–H and O–H groups in total. The van der Waals surface area contributed by atoms with Gasteiger partial charge in [0.25, 0.3) is 0 Å². The molecule has 1 fully saturated rings. The fourth-order valence-electron chi connectivity index (χ4n) is 2.74. The summed E-state index contributed by atoms with van der Waals surface area (Å²) in [5.74, 6) is 0. The lowest BCUT2D eigenvalue weighted by molar-refractivity contribution is 0.365. The minimum Gasteiger partial charge on any atom is -0.308 e. The quantitative estimate of drug-likeness (QED) is 0.789. The second-order valence-electron chi connectivity index (χ2n) is 5.05. The van der Waals surface area contributed by atoms with Crippen molar-refractivity contribution in [2.75, 3.05) is 17.8 Å². The minimum atomic E-state index is -2.97. The summed E-state index contributed by atoms with van der Waals surface area (Å²) in [6, 6.07) is 15.6. The van der Waals surface area contributed by atoms with Crippen LogP contribution in [0.5, 0.6) is 0 Å². The molecule has 0 aromatic heterocycles. The van der Waals surface area contributed by atoms with E-state index in [0.717, 1.165) is 22.1 Å². The van der Waals surface area contributed by atoms with Crippen LogP contribution in [0.1, 0.15) is 11.1 Å². The molecular weight excluding hydrogens is 269 g/mol. The molecule has 1 aliphatic heterocycles. The van der Waals surface area contributed by atoms with Crippen LogP contribution < -0.4 is 9.97 Å². The van der Waals surface area contributed by atoms with E-state index < -0.39 is 7.52 Å². The Hall–Kier alpha value is -1.57. The maximum Gasteiger partial charge on any atom is 0.326 e. The molecule has 0 bridgehead atoms. The Kier molecular flexibility index (Phi) is 3.41. The first-order chi connectivity index (χ1) is 9.63. The Balaban J connectivity index is 2.12. The second-order valence-corrected chi connectivity index (χ2v) is 7.35. The van der Waals surface area contributed by atoms with E-state index in [9.17, 15) is 4.57 Å². The predicted octanol–water partition coefficient (Wildman–Crippen LogP) is 3.66. The highest BCUT2D eigenvalue weighted by molar-refractivity contribution is 7.68. The van der Waals surface area contributed by atoms with Gasteiger partial charge in [0, 0.05) is 0 Å². The van der Waals surface area contributed by atoms with E-state index in [0.29, 0.717) is 13.2 Å². The minimum absolute atomic E-state index is 0.500. The molecule has 3 nitrogen and oxygen atoms in total. The van der Waals surface area contributed by atoms with Gasteiger partial charge in [-0.1, -0.05) is 36.4 Å². The lowest BCUT2D eigenvalue weighted by Crippen LogP contribution is -2.22. The molecule has 0 aliphatic carbocycles. The third kappa shape index (κ3) is 2.07. The Bertz CT molecular complexity index is 649. The maximum absolute atomic E-state index is 13.4. The van der Waals surface area contributed by atoms with Crippen molar-refractivity contribution >= 4 is 18.5 Å². The zero-order chi connectivity index (χ0) is 14.2. The van der Waals surface area contributed by atoms with Gasteiger partial charge in [-0.05, 0) is 37.1 Å². The number of rotatable bonds is 2. The van der Waals surface area contributed by atoms with Crippen molar-refractivity contribution in [3.05, 3.63) is 59.7 Å². The van der Waals surface area contributed by atoms with Gasteiger partial charge >= 0.3 is 7.52 Å². The number of para-hydroxylation sites is 1. The van der Waals surface area contributed by atoms with E-state index in [2.05, 4.69) is 26.0 Å². The van der Waals surface area contributed by atoms with Gasteiger partial charge in [0.05, 0.1) is 24.1 Å². The molecule has 4 heteroatoms. The molecule has 3 rings (SSSR count). The van der Waals surface area contributed by atoms with Crippen LogP contribution >= 0.6 is 7.52 Å². The van der Waals surface area contributed by atoms with Gasteiger partial charge in [0.15, 0.2) is 0 Å². The highest BCUT2D eigenvalue weighted by Gasteiger charge is 2.40. The molecule has 1 saturated heterocycles. The Labute approximate surface area is 119 Å². The molecule has 1 atom stereocenters. The molecule has 0 spiro atoms. The van der Waals surface area contributed by atoms with Gasteiger partial charge < -0.3 is 4.52 Å². The molecule has 1 aliphatic rings. The van der Waals surface area contributed by atoms with Gasteiger partial charge in [-0.15, -0.1) is 0 Å². The van der Waals surface area contributed by atoms with E-state index in [-0.39, 0.29) is 0 Å². The molecule has 0 saturated carbocycles. The summed E-state index contributed by atoms with van der Waals surface area (Å²) in [5.41, 5.74) is 3.30. The predicted molar refractivity (Wildman–Crippen MR) is 82.9 cm³/mol. The number of hydrogen-bond acceptors (Lipinski definition) is 2. The van der Waals surface area contributed by atoms with Crippen molar-refractivity contribution in [1.29, 1.82) is 0 Å². The third-order valence-corrected chi connectivity index (χ3v) is 6.19. The van der Waals surface area contributed by atoms with Crippen molar-refractivity contribution in [3.8, 4) is 0 Å². The highest BCUT2D eigenvalue weighted by atomic mass is 31.2. The van der Waals surface area contributed by atoms with Crippen LogP contribution in [0, 0.1) is 13.8 Å². The summed E-state index contributed by atoms with van der Waals surface area (Å²) in [6.07, 6.45) is 0. The number of hydrogen-bond donors (Lipinski definition) is 0. The monoisotopic (exact) mass is 287 g/mol. The average molecular weight is 287 g/mol. The Morgan fingerprint density at radius 1 is 1.00 bits per heavy atom. The van der Waals surface area contributed by atoms with Crippen molar-refractivity contribution in [1.82, 2.24) is 0 Å². The van der Waals surface area contributed by atoms with Crippen LogP contribution in [0.2, 0.25) is 0 Å². The molecule has 2 aromatic carbocycles. The molecule has 1 heterocycles.